The van der Waals surface area contributed by atoms with Crippen LogP contribution in [0.25, 0.3) is 21.9 Å². The maximum absolute atomic E-state index is 13.6. The van der Waals surface area contributed by atoms with Crippen LogP contribution in [-0.4, -0.2) is 22.5 Å². The van der Waals surface area contributed by atoms with Crippen molar-refractivity contribution in [3.63, 3.8) is 0 Å². The molecule has 6 nitrogen and oxygen atoms in total. The maximum atomic E-state index is 13.6. The second kappa shape index (κ2) is 10.4. The Bertz CT molecular complexity index is 1500. The Morgan fingerprint density at radius 2 is 1.56 bits per heavy atom. The Morgan fingerprint density at radius 1 is 0.944 bits per heavy atom. The number of halogens is 1. The molecule has 0 radical (unpaired) electrons. The molecular weight excluding hydrogens is 476 g/mol. The van der Waals surface area contributed by atoms with Crippen molar-refractivity contribution >= 4 is 39.9 Å². The number of fused-ring (bicyclic) bond motifs is 1. The Kier molecular flexibility index (Phi) is 7.27. The van der Waals surface area contributed by atoms with E-state index in [0.717, 1.165) is 11.1 Å². The fourth-order valence-electron chi connectivity index (χ4n) is 4.34. The normalized spacial score (nSPS) is 11.8. The first-order chi connectivity index (χ1) is 17.2. The largest absolute Gasteiger partial charge is 0.448 e. The third-order valence-corrected chi connectivity index (χ3v) is 6.52. The first-order valence-corrected chi connectivity index (χ1v) is 12.1. The van der Waals surface area contributed by atoms with Crippen LogP contribution in [0.4, 0.5) is 5.69 Å². The number of pyridine rings is 1. The number of nitrogens with one attached hydrogen (secondary N) is 1. The number of amides is 1. The molecule has 0 aliphatic carbocycles. The van der Waals surface area contributed by atoms with Crippen LogP contribution >= 0.6 is 11.6 Å². The van der Waals surface area contributed by atoms with Gasteiger partial charge in [0.05, 0.1) is 0 Å². The molecule has 0 saturated heterocycles. The second-order valence-corrected chi connectivity index (χ2v) is 9.13. The summed E-state index contributed by atoms with van der Waals surface area (Å²) >= 11 is 6.10. The Balaban J connectivity index is 1.77. The van der Waals surface area contributed by atoms with Gasteiger partial charge in [-0.3, -0.25) is 9.59 Å². The van der Waals surface area contributed by atoms with Crippen molar-refractivity contribution in [3.8, 4) is 11.1 Å². The highest BCUT2D eigenvalue weighted by Crippen LogP contribution is 2.32. The third kappa shape index (κ3) is 4.77. The molecule has 1 amide bonds. The molecule has 0 bridgehead atoms. The lowest BCUT2D eigenvalue weighted by atomic mass is 9.96. The van der Waals surface area contributed by atoms with Gasteiger partial charge in [-0.2, -0.15) is 0 Å². The minimum absolute atomic E-state index is 0.0688. The average molecular weight is 503 g/mol. The molecule has 4 rings (SSSR count). The molecule has 1 N–H and O–H groups in total. The fourth-order valence-corrected chi connectivity index (χ4v) is 4.46. The van der Waals surface area contributed by atoms with Gasteiger partial charge < -0.3 is 14.6 Å². The zero-order valence-corrected chi connectivity index (χ0v) is 21.3. The lowest BCUT2D eigenvalue weighted by Crippen LogP contribution is -2.34. The second-order valence-electron chi connectivity index (χ2n) is 8.70. The SMILES string of the molecule is CCC(OC(=O)c1c(-c2ccc(Cl)cc2)c2ccccc2c(=O)n1C)C(=O)Nc1c(C)cccc1C. The molecule has 36 heavy (non-hydrogen) atoms. The molecule has 7 heteroatoms. The van der Waals surface area contributed by atoms with Crippen LogP contribution < -0.4 is 10.9 Å². The number of rotatable bonds is 6. The van der Waals surface area contributed by atoms with Crippen molar-refractivity contribution < 1.29 is 14.3 Å². The smallest absolute Gasteiger partial charge is 0.356 e. The van der Waals surface area contributed by atoms with E-state index in [1.165, 1.54) is 11.6 Å². The number of ether oxygens (including phenoxy) is 1. The van der Waals surface area contributed by atoms with Gasteiger partial charge in [0.1, 0.15) is 5.69 Å². The third-order valence-electron chi connectivity index (χ3n) is 6.27. The Labute approximate surface area is 214 Å². The van der Waals surface area contributed by atoms with E-state index in [4.69, 9.17) is 16.3 Å². The van der Waals surface area contributed by atoms with Crippen molar-refractivity contribution in [2.24, 2.45) is 7.05 Å². The number of nitrogens with zero attached hydrogens (tertiary/aromatic N) is 1. The van der Waals surface area contributed by atoms with Crippen molar-refractivity contribution in [1.29, 1.82) is 0 Å². The van der Waals surface area contributed by atoms with Crippen LogP contribution in [0, 0.1) is 13.8 Å². The molecule has 3 aromatic carbocycles. The minimum Gasteiger partial charge on any atom is -0.448 e. The number of anilines is 1. The van der Waals surface area contributed by atoms with Gasteiger partial charge in [-0.15, -0.1) is 0 Å². The predicted molar refractivity (Wildman–Crippen MR) is 144 cm³/mol. The molecule has 1 atom stereocenters. The van der Waals surface area contributed by atoms with E-state index in [1.807, 2.05) is 38.1 Å². The van der Waals surface area contributed by atoms with Crippen LogP contribution in [0.15, 0.2) is 71.5 Å². The number of carbonyl (C=O) groups excluding carboxylic acids is 2. The van der Waals surface area contributed by atoms with Gasteiger partial charge in [-0.1, -0.05) is 67.1 Å². The molecule has 0 aliphatic heterocycles. The molecule has 1 aromatic heterocycles. The highest BCUT2D eigenvalue weighted by atomic mass is 35.5. The summed E-state index contributed by atoms with van der Waals surface area (Å²) in [4.78, 5) is 39.8. The Morgan fingerprint density at radius 3 is 2.17 bits per heavy atom. The van der Waals surface area contributed by atoms with E-state index in [-0.39, 0.29) is 17.7 Å². The first kappa shape index (κ1) is 25.2. The van der Waals surface area contributed by atoms with E-state index in [9.17, 15) is 14.4 Å². The van der Waals surface area contributed by atoms with Gasteiger partial charge >= 0.3 is 5.97 Å². The van der Waals surface area contributed by atoms with Gasteiger partial charge in [0.25, 0.3) is 11.5 Å². The van der Waals surface area contributed by atoms with E-state index in [0.29, 0.717) is 32.6 Å². The van der Waals surface area contributed by atoms with Gasteiger partial charge in [0.2, 0.25) is 0 Å². The van der Waals surface area contributed by atoms with Crippen LogP contribution in [0.3, 0.4) is 0 Å². The average Bonchev–Trinajstić information content (AvgIpc) is 2.87. The Hall–Kier alpha value is -3.90. The number of para-hydroxylation sites is 1. The number of aryl methyl sites for hydroxylation is 2. The summed E-state index contributed by atoms with van der Waals surface area (Å²) in [6.07, 6.45) is -0.781. The lowest BCUT2D eigenvalue weighted by molar-refractivity contribution is -0.124. The molecule has 4 aromatic rings. The topological polar surface area (TPSA) is 77.4 Å². The number of carbonyl (C=O) groups is 2. The maximum Gasteiger partial charge on any atom is 0.356 e. The van der Waals surface area contributed by atoms with Gasteiger partial charge in [0.15, 0.2) is 6.10 Å². The first-order valence-electron chi connectivity index (χ1n) is 11.7. The standard InChI is InChI=1S/C29H27ClN2O4/c1-5-23(27(33)31-25-17(2)9-8-10-18(25)3)36-29(35)26-24(19-13-15-20(30)16-14-19)21-11-6-7-12-22(21)28(34)32(26)4/h6-16,23H,5H2,1-4H3,(H,31,33). The van der Waals surface area contributed by atoms with Crippen molar-refractivity contribution in [1.82, 2.24) is 4.57 Å². The summed E-state index contributed by atoms with van der Waals surface area (Å²) in [6, 6.07) is 19.8. The van der Waals surface area contributed by atoms with Gasteiger partial charge in [-0.25, -0.2) is 4.79 Å². The van der Waals surface area contributed by atoms with Crippen LogP contribution in [-0.2, 0) is 16.6 Å². The lowest BCUT2D eigenvalue weighted by Gasteiger charge is -2.21. The van der Waals surface area contributed by atoms with Gasteiger partial charge in [-0.05, 0) is 60.5 Å². The molecule has 1 unspecified atom stereocenters. The summed E-state index contributed by atoms with van der Waals surface area (Å²) in [5, 5.41) is 4.53. The predicted octanol–water partition coefficient (Wildman–Crippen LogP) is 6.05. The monoisotopic (exact) mass is 502 g/mol. The molecule has 0 saturated carbocycles. The molecule has 184 valence electrons. The zero-order chi connectivity index (χ0) is 26.0. The van der Waals surface area contributed by atoms with E-state index >= 15 is 0 Å². The number of aromatic nitrogens is 1. The van der Waals surface area contributed by atoms with E-state index in [2.05, 4.69) is 5.32 Å². The zero-order valence-electron chi connectivity index (χ0n) is 20.6. The highest BCUT2D eigenvalue weighted by molar-refractivity contribution is 6.30. The summed E-state index contributed by atoms with van der Waals surface area (Å²) in [5.41, 5.74) is 3.49. The van der Waals surface area contributed by atoms with Crippen molar-refractivity contribution in [3.05, 3.63) is 98.9 Å². The van der Waals surface area contributed by atoms with Crippen LogP contribution in [0.2, 0.25) is 5.02 Å². The number of hydrogen-bond donors (Lipinski definition) is 1. The van der Waals surface area contributed by atoms with Crippen LogP contribution in [0.5, 0.6) is 0 Å². The van der Waals surface area contributed by atoms with E-state index in [1.54, 1.807) is 49.4 Å². The molecular formula is C29H27ClN2O4. The number of benzene rings is 3. The highest BCUT2D eigenvalue weighted by Gasteiger charge is 2.28. The fraction of sp³-hybridized carbons (Fsp3) is 0.207. The minimum atomic E-state index is -1.05. The number of esters is 1. The molecule has 1 heterocycles. The number of hydrogen-bond acceptors (Lipinski definition) is 4. The summed E-state index contributed by atoms with van der Waals surface area (Å²) < 4.78 is 7.02. The summed E-state index contributed by atoms with van der Waals surface area (Å²) in [6.45, 7) is 5.57. The summed E-state index contributed by atoms with van der Waals surface area (Å²) in [7, 11) is 1.53. The molecule has 0 spiro atoms. The summed E-state index contributed by atoms with van der Waals surface area (Å²) in [5.74, 6) is -1.18. The van der Waals surface area contributed by atoms with Crippen LogP contribution in [0.1, 0.15) is 35.0 Å². The van der Waals surface area contributed by atoms with Crippen molar-refractivity contribution in [2.75, 3.05) is 5.32 Å². The molecule has 0 fully saturated rings. The van der Waals surface area contributed by atoms with Crippen molar-refractivity contribution in [2.45, 2.75) is 33.3 Å². The quantitative estimate of drug-likeness (QED) is 0.325. The van der Waals surface area contributed by atoms with E-state index < -0.39 is 18.0 Å². The van der Waals surface area contributed by atoms with Gasteiger partial charge in [0, 0.05) is 28.7 Å². The molecule has 0 aliphatic rings.